The Morgan fingerprint density at radius 1 is 1.00 bits per heavy atom. The number of aliphatic hydroxyl groups is 1. The highest BCUT2D eigenvalue weighted by Crippen LogP contribution is 2.27. The van der Waals surface area contributed by atoms with Crippen LogP contribution < -0.4 is 0 Å². The maximum atomic E-state index is 10.6. The number of benzene rings is 2. The molecule has 2 aromatic rings. The minimum absolute atomic E-state index is 0.503. The lowest BCUT2D eigenvalue weighted by Gasteiger charge is -2.17. The van der Waals surface area contributed by atoms with Gasteiger partial charge in [-0.15, -0.1) is 0 Å². The summed E-state index contributed by atoms with van der Waals surface area (Å²) in [6.45, 7) is 4.25. The Labute approximate surface area is 126 Å². The van der Waals surface area contributed by atoms with Gasteiger partial charge >= 0.3 is 0 Å². The van der Waals surface area contributed by atoms with Gasteiger partial charge in [-0.25, -0.2) is 0 Å². The molecule has 0 aliphatic heterocycles. The number of aliphatic hydroxyl groups excluding tert-OH is 1. The van der Waals surface area contributed by atoms with Gasteiger partial charge < -0.3 is 5.11 Å². The van der Waals surface area contributed by atoms with Gasteiger partial charge in [0, 0.05) is 11.4 Å². The van der Waals surface area contributed by atoms with E-state index < -0.39 is 6.10 Å². The van der Waals surface area contributed by atoms with Crippen LogP contribution in [0.5, 0.6) is 0 Å². The van der Waals surface area contributed by atoms with Crippen LogP contribution in [0.25, 0.3) is 0 Å². The normalized spacial score (nSPS) is 12.4. The molecular weight excluding hydrogens is 268 g/mol. The standard InChI is InChI=1S/C18H21ClO/c1-3-13-9-10-14(4-2)16(11-13)18(20)12-15-7-5-6-8-17(15)19/h5-11,18,20H,3-4,12H2,1-2H3. The van der Waals surface area contributed by atoms with Crippen molar-refractivity contribution in [3.63, 3.8) is 0 Å². The molecule has 1 unspecified atom stereocenters. The van der Waals surface area contributed by atoms with Crippen molar-refractivity contribution >= 4 is 11.6 Å². The molecule has 0 saturated heterocycles. The SMILES string of the molecule is CCc1ccc(CC)c(C(O)Cc2ccccc2Cl)c1. The van der Waals surface area contributed by atoms with Gasteiger partial charge in [0.25, 0.3) is 0 Å². The van der Waals surface area contributed by atoms with Crippen molar-refractivity contribution in [2.24, 2.45) is 0 Å². The summed E-state index contributed by atoms with van der Waals surface area (Å²) in [5, 5.41) is 11.3. The second-order valence-corrected chi connectivity index (χ2v) is 5.46. The molecule has 0 aromatic heterocycles. The molecule has 1 N–H and O–H groups in total. The largest absolute Gasteiger partial charge is 0.388 e. The monoisotopic (exact) mass is 288 g/mol. The third-order valence-electron chi connectivity index (χ3n) is 3.73. The molecule has 0 amide bonds. The molecule has 1 atom stereocenters. The summed E-state index contributed by atoms with van der Waals surface area (Å²) in [6, 6.07) is 14.1. The fourth-order valence-corrected chi connectivity index (χ4v) is 2.69. The maximum absolute atomic E-state index is 10.6. The zero-order chi connectivity index (χ0) is 14.5. The van der Waals surface area contributed by atoms with Crippen molar-refractivity contribution in [3.05, 3.63) is 69.7 Å². The molecule has 0 bridgehead atoms. The van der Waals surface area contributed by atoms with Gasteiger partial charge in [-0.1, -0.05) is 61.8 Å². The Balaban J connectivity index is 2.28. The average Bonchev–Trinajstić information content (AvgIpc) is 2.48. The van der Waals surface area contributed by atoms with E-state index in [1.807, 2.05) is 24.3 Å². The number of hydrogen-bond donors (Lipinski definition) is 1. The first-order chi connectivity index (χ1) is 9.65. The summed E-state index contributed by atoms with van der Waals surface area (Å²) in [7, 11) is 0. The second kappa shape index (κ2) is 6.92. The fraction of sp³-hybridized carbons (Fsp3) is 0.333. The lowest BCUT2D eigenvalue weighted by Crippen LogP contribution is -2.06. The van der Waals surface area contributed by atoms with Crippen LogP contribution in [0.2, 0.25) is 5.02 Å². The van der Waals surface area contributed by atoms with E-state index in [1.54, 1.807) is 0 Å². The first-order valence-corrected chi connectivity index (χ1v) is 7.56. The number of rotatable bonds is 5. The predicted octanol–water partition coefficient (Wildman–Crippen LogP) is 4.74. The molecule has 0 aliphatic rings. The molecular formula is C18H21ClO. The van der Waals surface area contributed by atoms with Crippen LogP contribution in [-0.2, 0) is 19.3 Å². The second-order valence-electron chi connectivity index (χ2n) is 5.05. The highest BCUT2D eigenvalue weighted by atomic mass is 35.5. The Morgan fingerprint density at radius 2 is 1.75 bits per heavy atom. The number of aryl methyl sites for hydroxylation is 2. The minimum atomic E-state index is -0.503. The topological polar surface area (TPSA) is 20.2 Å². The first kappa shape index (κ1) is 15.1. The van der Waals surface area contributed by atoms with E-state index in [4.69, 9.17) is 11.6 Å². The van der Waals surface area contributed by atoms with Gasteiger partial charge in [-0.05, 0) is 41.2 Å². The fourth-order valence-electron chi connectivity index (χ4n) is 2.48. The molecule has 0 radical (unpaired) electrons. The van der Waals surface area contributed by atoms with Gasteiger partial charge in [0.15, 0.2) is 0 Å². The van der Waals surface area contributed by atoms with Crippen LogP contribution in [-0.4, -0.2) is 5.11 Å². The summed E-state index contributed by atoms with van der Waals surface area (Å²) >= 11 is 6.18. The smallest absolute Gasteiger partial charge is 0.0833 e. The minimum Gasteiger partial charge on any atom is -0.388 e. The Morgan fingerprint density at radius 3 is 2.40 bits per heavy atom. The molecule has 2 aromatic carbocycles. The first-order valence-electron chi connectivity index (χ1n) is 7.18. The summed E-state index contributed by atoms with van der Waals surface area (Å²) in [5.74, 6) is 0. The van der Waals surface area contributed by atoms with E-state index in [-0.39, 0.29) is 0 Å². The molecule has 0 aliphatic carbocycles. The van der Waals surface area contributed by atoms with E-state index in [0.717, 1.165) is 29.0 Å². The summed E-state index contributed by atoms with van der Waals surface area (Å²) in [5.41, 5.74) is 4.49. The van der Waals surface area contributed by atoms with Crippen LogP contribution in [0, 0.1) is 0 Å². The van der Waals surface area contributed by atoms with Crippen LogP contribution in [0.1, 0.15) is 42.2 Å². The van der Waals surface area contributed by atoms with E-state index in [0.29, 0.717) is 6.42 Å². The summed E-state index contributed by atoms with van der Waals surface area (Å²) in [6.07, 6.45) is 1.96. The Bertz CT molecular complexity index is 577. The molecule has 1 nitrogen and oxygen atoms in total. The van der Waals surface area contributed by atoms with Gasteiger partial charge in [-0.2, -0.15) is 0 Å². The van der Waals surface area contributed by atoms with E-state index in [9.17, 15) is 5.11 Å². The summed E-state index contributed by atoms with van der Waals surface area (Å²) in [4.78, 5) is 0. The van der Waals surface area contributed by atoms with Gasteiger partial charge in [0.1, 0.15) is 0 Å². The molecule has 0 fully saturated rings. The zero-order valence-electron chi connectivity index (χ0n) is 12.1. The molecule has 2 heteroatoms. The van der Waals surface area contributed by atoms with Crippen molar-refractivity contribution in [1.29, 1.82) is 0 Å². The Kier molecular flexibility index (Phi) is 5.22. The van der Waals surface area contributed by atoms with Crippen LogP contribution in [0.15, 0.2) is 42.5 Å². The van der Waals surface area contributed by atoms with Gasteiger partial charge in [0.2, 0.25) is 0 Å². The van der Waals surface area contributed by atoms with Crippen molar-refractivity contribution in [1.82, 2.24) is 0 Å². The number of halogens is 1. The highest BCUT2D eigenvalue weighted by molar-refractivity contribution is 6.31. The number of hydrogen-bond acceptors (Lipinski definition) is 1. The molecule has 0 spiro atoms. The van der Waals surface area contributed by atoms with Crippen molar-refractivity contribution in [2.75, 3.05) is 0 Å². The molecule has 106 valence electrons. The third-order valence-corrected chi connectivity index (χ3v) is 4.10. The molecule has 0 heterocycles. The van der Waals surface area contributed by atoms with Crippen molar-refractivity contribution < 1.29 is 5.11 Å². The van der Waals surface area contributed by atoms with Crippen LogP contribution in [0.4, 0.5) is 0 Å². The van der Waals surface area contributed by atoms with Gasteiger partial charge in [-0.3, -0.25) is 0 Å². The van der Waals surface area contributed by atoms with Crippen LogP contribution >= 0.6 is 11.6 Å². The van der Waals surface area contributed by atoms with Crippen molar-refractivity contribution in [3.8, 4) is 0 Å². The molecule has 20 heavy (non-hydrogen) atoms. The quantitative estimate of drug-likeness (QED) is 0.842. The predicted molar refractivity (Wildman–Crippen MR) is 85.3 cm³/mol. The maximum Gasteiger partial charge on any atom is 0.0833 e. The molecule has 2 rings (SSSR count). The van der Waals surface area contributed by atoms with E-state index in [2.05, 4.69) is 32.0 Å². The van der Waals surface area contributed by atoms with E-state index in [1.165, 1.54) is 11.1 Å². The lowest BCUT2D eigenvalue weighted by atomic mass is 9.93. The average molecular weight is 289 g/mol. The van der Waals surface area contributed by atoms with Crippen molar-refractivity contribution in [2.45, 2.75) is 39.2 Å². The summed E-state index contributed by atoms with van der Waals surface area (Å²) < 4.78 is 0. The zero-order valence-corrected chi connectivity index (χ0v) is 12.8. The lowest BCUT2D eigenvalue weighted by molar-refractivity contribution is 0.177. The highest BCUT2D eigenvalue weighted by Gasteiger charge is 2.14. The Hall–Kier alpha value is -1.31. The molecule has 0 saturated carbocycles. The van der Waals surface area contributed by atoms with Gasteiger partial charge in [0.05, 0.1) is 6.10 Å². The van der Waals surface area contributed by atoms with E-state index >= 15 is 0 Å². The third kappa shape index (κ3) is 3.41. The van der Waals surface area contributed by atoms with Crippen LogP contribution in [0.3, 0.4) is 0 Å².